The fourth-order valence-corrected chi connectivity index (χ4v) is 2.32. The van der Waals surface area contributed by atoms with Crippen molar-refractivity contribution >= 4 is 35.5 Å². The maximum Gasteiger partial charge on any atom is 0.216 e. The minimum atomic E-state index is -0.216. The predicted molar refractivity (Wildman–Crippen MR) is 99.6 cm³/mol. The summed E-state index contributed by atoms with van der Waals surface area (Å²) in [6.45, 7) is 4.50. The van der Waals surface area contributed by atoms with Gasteiger partial charge in [-0.1, -0.05) is 54.6 Å². The third-order valence-electron chi connectivity index (χ3n) is 3.07. The molecule has 1 unspecified atom stereocenters. The summed E-state index contributed by atoms with van der Waals surface area (Å²) in [5.41, 5.74) is 2.16. The van der Waals surface area contributed by atoms with Gasteiger partial charge < -0.3 is 4.74 Å². The van der Waals surface area contributed by atoms with Crippen LogP contribution in [0.4, 0.5) is 0 Å². The fraction of sp³-hybridized carbons (Fsp3) is 0.222. The Bertz CT molecular complexity index is 642. The molecule has 0 saturated carbocycles. The molecule has 2 aromatic carbocycles. The highest BCUT2D eigenvalue weighted by Gasteiger charge is 2.12. The fourth-order valence-electron chi connectivity index (χ4n) is 1.97. The lowest BCUT2D eigenvalue weighted by atomic mass is 10.0. The summed E-state index contributed by atoms with van der Waals surface area (Å²) in [4.78, 5) is 21.7. The molecule has 0 heterocycles. The van der Waals surface area contributed by atoms with Gasteiger partial charge in [-0.15, -0.1) is 25.3 Å². The highest BCUT2D eigenvalue weighted by molar-refractivity contribution is 7.97. The van der Waals surface area contributed by atoms with Crippen molar-refractivity contribution in [2.45, 2.75) is 20.0 Å². The van der Waals surface area contributed by atoms with Crippen LogP contribution in [0.15, 0.2) is 54.6 Å². The molecule has 0 aromatic heterocycles. The molecule has 0 radical (unpaired) electrons. The second-order valence-corrected chi connectivity index (χ2v) is 5.47. The highest BCUT2D eigenvalue weighted by atomic mass is 32.1. The van der Waals surface area contributed by atoms with Gasteiger partial charge in [-0.25, -0.2) is 0 Å². The third kappa shape index (κ3) is 6.60. The minimum absolute atomic E-state index is 0.0627. The molecule has 0 spiro atoms. The number of carbonyl (C=O) groups excluding carboxylic acids is 2. The summed E-state index contributed by atoms with van der Waals surface area (Å²) in [6.07, 6.45) is -0.0627. The van der Waals surface area contributed by atoms with E-state index in [2.05, 4.69) is 25.3 Å². The van der Waals surface area contributed by atoms with E-state index in [0.717, 1.165) is 5.56 Å². The van der Waals surface area contributed by atoms with Gasteiger partial charge in [0.05, 0.1) is 6.10 Å². The summed E-state index contributed by atoms with van der Waals surface area (Å²) >= 11 is 7.47. The van der Waals surface area contributed by atoms with Crippen LogP contribution in [0.1, 0.15) is 46.2 Å². The molecule has 2 rings (SSSR count). The molecule has 0 N–H and O–H groups in total. The second kappa shape index (κ2) is 10.3. The predicted octanol–water partition coefficient (Wildman–Crippen LogP) is 4.61. The zero-order valence-corrected chi connectivity index (χ0v) is 14.9. The van der Waals surface area contributed by atoms with Crippen LogP contribution in [0.5, 0.6) is 0 Å². The number of carbonyl (C=O) groups is 2. The summed E-state index contributed by atoms with van der Waals surface area (Å²) < 4.78 is 5.43. The van der Waals surface area contributed by atoms with Crippen LogP contribution in [-0.4, -0.2) is 16.8 Å². The average molecular weight is 348 g/mol. The summed E-state index contributed by atoms with van der Waals surface area (Å²) in [6, 6.07) is 16.3. The molecule has 0 amide bonds. The third-order valence-corrected chi connectivity index (χ3v) is 3.57. The molecule has 122 valence electrons. The van der Waals surface area contributed by atoms with E-state index in [0.29, 0.717) is 17.7 Å². The first-order chi connectivity index (χ1) is 11.0. The SMILES string of the molecule is CCOC(C)c1ccccc1C(=O)S.O=C(S)c1ccccc1. The standard InChI is InChI=1S/C11H14O2S.C7H6OS/c1-3-13-8(2)9-6-4-5-7-10(9)11(12)14;8-7(9)6-4-2-1-3-5-6/h4-8H,3H2,1-2H3,(H,12,14);1-5H,(H,8,9). The zero-order valence-electron chi connectivity index (χ0n) is 13.1. The topological polar surface area (TPSA) is 43.4 Å². The van der Waals surface area contributed by atoms with Crippen LogP contribution in [0, 0.1) is 0 Å². The van der Waals surface area contributed by atoms with Crippen molar-refractivity contribution in [3.8, 4) is 0 Å². The lowest BCUT2D eigenvalue weighted by Crippen LogP contribution is -2.05. The van der Waals surface area contributed by atoms with Crippen molar-refractivity contribution in [2.24, 2.45) is 0 Å². The van der Waals surface area contributed by atoms with Gasteiger partial charge in [0.2, 0.25) is 10.2 Å². The second-order valence-electron chi connectivity index (χ2n) is 4.66. The molecule has 23 heavy (non-hydrogen) atoms. The quantitative estimate of drug-likeness (QED) is 0.776. The number of rotatable bonds is 5. The number of ether oxygens (including phenoxy) is 1. The average Bonchev–Trinajstić information content (AvgIpc) is 2.56. The summed E-state index contributed by atoms with van der Waals surface area (Å²) in [7, 11) is 0. The van der Waals surface area contributed by atoms with Crippen LogP contribution in [0.3, 0.4) is 0 Å². The van der Waals surface area contributed by atoms with Gasteiger partial charge >= 0.3 is 0 Å². The lowest BCUT2D eigenvalue weighted by Gasteiger charge is -2.14. The van der Waals surface area contributed by atoms with Crippen molar-refractivity contribution in [3.05, 3.63) is 71.3 Å². The Labute approximate surface area is 147 Å². The van der Waals surface area contributed by atoms with E-state index in [1.54, 1.807) is 18.2 Å². The van der Waals surface area contributed by atoms with E-state index in [4.69, 9.17) is 4.74 Å². The Morgan fingerprint density at radius 1 is 0.957 bits per heavy atom. The van der Waals surface area contributed by atoms with E-state index in [1.165, 1.54) is 0 Å². The number of benzene rings is 2. The van der Waals surface area contributed by atoms with Gasteiger partial charge in [0.15, 0.2) is 0 Å². The Kier molecular flexibility index (Phi) is 8.69. The first kappa shape index (κ1) is 19.5. The van der Waals surface area contributed by atoms with Gasteiger partial charge in [-0.05, 0) is 19.4 Å². The Balaban J connectivity index is 0.000000253. The molecule has 3 nitrogen and oxygen atoms in total. The van der Waals surface area contributed by atoms with Gasteiger partial charge in [0.25, 0.3) is 0 Å². The van der Waals surface area contributed by atoms with Crippen LogP contribution in [0.2, 0.25) is 0 Å². The number of hydrogen-bond donors (Lipinski definition) is 2. The van der Waals surface area contributed by atoms with Crippen LogP contribution >= 0.6 is 25.3 Å². The zero-order chi connectivity index (χ0) is 17.2. The Hall–Kier alpha value is -1.56. The van der Waals surface area contributed by atoms with E-state index in [1.807, 2.05) is 50.2 Å². The van der Waals surface area contributed by atoms with Gasteiger partial charge in [-0.3, -0.25) is 9.59 Å². The molecule has 0 bridgehead atoms. The van der Waals surface area contributed by atoms with Gasteiger partial charge in [0.1, 0.15) is 0 Å². The molecular weight excluding hydrogens is 328 g/mol. The number of hydrogen-bond acceptors (Lipinski definition) is 3. The van der Waals surface area contributed by atoms with Crippen LogP contribution in [0.25, 0.3) is 0 Å². The van der Waals surface area contributed by atoms with Crippen molar-refractivity contribution in [3.63, 3.8) is 0 Å². The van der Waals surface area contributed by atoms with E-state index in [-0.39, 0.29) is 16.3 Å². The van der Waals surface area contributed by atoms with Crippen LogP contribution < -0.4 is 0 Å². The molecule has 5 heteroatoms. The smallest absolute Gasteiger partial charge is 0.216 e. The van der Waals surface area contributed by atoms with Crippen molar-refractivity contribution in [1.29, 1.82) is 0 Å². The summed E-state index contributed by atoms with van der Waals surface area (Å²) in [5, 5.41) is -0.400. The molecule has 1 atom stereocenters. The van der Waals surface area contributed by atoms with E-state index < -0.39 is 0 Å². The minimum Gasteiger partial charge on any atom is -0.374 e. The molecule has 0 aliphatic rings. The van der Waals surface area contributed by atoms with Gasteiger partial charge in [-0.2, -0.15) is 0 Å². The molecule has 2 aromatic rings. The molecule has 0 saturated heterocycles. The van der Waals surface area contributed by atoms with E-state index in [9.17, 15) is 9.59 Å². The summed E-state index contributed by atoms with van der Waals surface area (Å²) in [5.74, 6) is 0. The molecule has 0 aliphatic heterocycles. The van der Waals surface area contributed by atoms with Gasteiger partial charge in [0, 0.05) is 17.7 Å². The Morgan fingerprint density at radius 2 is 1.52 bits per heavy atom. The highest BCUT2D eigenvalue weighted by Crippen LogP contribution is 2.22. The first-order valence-electron chi connectivity index (χ1n) is 7.19. The molecular formula is C18H20O3S2. The maximum absolute atomic E-state index is 11.2. The monoisotopic (exact) mass is 348 g/mol. The van der Waals surface area contributed by atoms with Crippen molar-refractivity contribution < 1.29 is 14.3 Å². The first-order valence-corrected chi connectivity index (χ1v) is 8.09. The van der Waals surface area contributed by atoms with E-state index >= 15 is 0 Å². The lowest BCUT2D eigenvalue weighted by molar-refractivity contribution is 0.0752. The molecule has 0 fully saturated rings. The maximum atomic E-state index is 11.2. The van der Waals surface area contributed by atoms with Crippen LogP contribution in [-0.2, 0) is 4.74 Å². The van der Waals surface area contributed by atoms with Crippen molar-refractivity contribution in [1.82, 2.24) is 0 Å². The number of thiol groups is 2. The molecule has 0 aliphatic carbocycles. The Morgan fingerprint density at radius 3 is 2.00 bits per heavy atom. The normalized spacial score (nSPS) is 11.1. The van der Waals surface area contributed by atoms with Crippen molar-refractivity contribution in [2.75, 3.05) is 6.61 Å². The largest absolute Gasteiger partial charge is 0.374 e.